The maximum atomic E-state index is 12.3. The molecular formula is C13H18BrN5OS. The average Bonchev–Trinajstić information content (AvgIpc) is 3.06. The number of rotatable bonds is 7. The highest BCUT2D eigenvalue weighted by Gasteiger charge is 2.14. The largest absolute Gasteiger partial charge is 0.336 e. The number of nitrogens with two attached hydrogens (primary N) is 1. The molecule has 0 saturated heterocycles. The standard InChI is InChI=1S/C13H18BrN5OS/c1-2-18(8-11-3-4-12(14)21-11)13(20)9-19-7-10(5-6-15)16-17-19/h3-4,7H,2,5-6,8-9,15H2,1H3. The number of carbonyl (C=O) groups is 1. The van der Waals surface area contributed by atoms with Crippen LogP contribution >= 0.6 is 27.3 Å². The Morgan fingerprint density at radius 3 is 2.95 bits per heavy atom. The lowest BCUT2D eigenvalue weighted by molar-refractivity contribution is -0.132. The van der Waals surface area contributed by atoms with Gasteiger partial charge in [-0.1, -0.05) is 5.21 Å². The predicted molar refractivity (Wildman–Crippen MR) is 85.9 cm³/mol. The van der Waals surface area contributed by atoms with Crippen molar-refractivity contribution < 1.29 is 4.79 Å². The number of nitrogens with zero attached hydrogens (tertiary/aromatic N) is 4. The van der Waals surface area contributed by atoms with Crippen LogP contribution in [0.1, 0.15) is 17.5 Å². The minimum absolute atomic E-state index is 0.0335. The van der Waals surface area contributed by atoms with Crippen LogP contribution in [0, 0.1) is 0 Å². The van der Waals surface area contributed by atoms with Crippen molar-refractivity contribution >= 4 is 33.2 Å². The molecule has 2 aromatic rings. The third kappa shape index (κ3) is 4.62. The van der Waals surface area contributed by atoms with Gasteiger partial charge in [0.25, 0.3) is 0 Å². The molecule has 0 aliphatic rings. The van der Waals surface area contributed by atoms with Gasteiger partial charge in [0.1, 0.15) is 6.54 Å². The fourth-order valence-corrected chi connectivity index (χ4v) is 3.42. The molecule has 0 spiro atoms. The van der Waals surface area contributed by atoms with E-state index in [0.29, 0.717) is 26.1 Å². The smallest absolute Gasteiger partial charge is 0.244 e. The summed E-state index contributed by atoms with van der Waals surface area (Å²) < 4.78 is 2.64. The maximum absolute atomic E-state index is 12.3. The molecule has 0 aromatic carbocycles. The van der Waals surface area contributed by atoms with Crippen LogP contribution in [0.5, 0.6) is 0 Å². The van der Waals surface area contributed by atoms with E-state index < -0.39 is 0 Å². The third-order valence-corrected chi connectivity index (χ3v) is 4.60. The molecule has 6 nitrogen and oxygen atoms in total. The second kappa shape index (κ2) is 7.67. The molecule has 0 saturated carbocycles. The lowest BCUT2D eigenvalue weighted by Gasteiger charge is -2.19. The lowest BCUT2D eigenvalue weighted by Crippen LogP contribution is -2.33. The number of carbonyl (C=O) groups excluding carboxylic acids is 1. The van der Waals surface area contributed by atoms with Crippen LogP contribution < -0.4 is 5.73 Å². The van der Waals surface area contributed by atoms with E-state index >= 15 is 0 Å². The van der Waals surface area contributed by atoms with Crippen molar-refractivity contribution in [2.75, 3.05) is 13.1 Å². The summed E-state index contributed by atoms with van der Waals surface area (Å²) in [7, 11) is 0. The second-order valence-electron chi connectivity index (χ2n) is 4.56. The molecule has 21 heavy (non-hydrogen) atoms. The van der Waals surface area contributed by atoms with Gasteiger partial charge in [-0.15, -0.1) is 16.4 Å². The van der Waals surface area contributed by atoms with Gasteiger partial charge in [-0.05, 0) is 41.5 Å². The van der Waals surface area contributed by atoms with Gasteiger partial charge in [0.2, 0.25) is 5.91 Å². The number of thiophene rings is 1. The van der Waals surface area contributed by atoms with Crippen LogP contribution in [0.15, 0.2) is 22.1 Å². The van der Waals surface area contributed by atoms with Crippen molar-refractivity contribution in [1.29, 1.82) is 0 Å². The Morgan fingerprint density at radius 2 is 2.33 bits per heavy atom. The molecular weight excluding hydrogens is 354 g/mol. The van der Waals surface area contributed by atoms with Gasteiger partial charge in [-0.25, -0.2) is 4.68 Å². The molecule has 1 amide bonds. The molecule has 0 unspecified atom stereocenters. The summed E-state index contributed by atoms with van der Waals surface area (Å²) in [5.41, 5.74) is 6.29. The van der Waals surface area contributed by atoms with Crippen molar-refractivity contribution in [3.8, 4) is 0 Å². The first-order chi connectivity index (χ1) is 10.1. The van der Waals surface area contributed by atoms with Crippen molar-refractivity contribution in [3.63, 3.8) is 0 Å². The zero-order valence-electron chi connectivity index (χ0n) is 11.8. The predicted octanol–water partition coefficient (Wildman–Crippen LogP) is 1.65. The molecule has 2 heterocycles. The van der Waals surface area contributed by atoms with Crippen molar-refractivity contribution in [2.24, 2.45) is 5.73 Å². The van der Waals surface area contributed by atoms with Crippen LogP contribution in [-0.4, -0.2) is 38.9 Å². The van der Waals surface area contributed by atoms with E-state index in [0.717, 1.165) is 14.4 Å². The minimum atomic E-state index is 0.0335. The molecule has 0 fully saturated rings. The number of aromatic nitrogens is 3. The van der Waals surface area contributed by atoms with Gasteiger partial charge in [0.15, 0.2) is 0 Å². The van der Waals surface area contributed by atoms with E-state index in [9.17, 15) is 4.79 Å². The number of hydrogen-bond acceptors (Lipinski definition) is 5. The van der Waals surface area contributed by atoms with Gasteiger partial charge in [-0.2, -0.15) is 0 Å². The number of hydrogen-bond donors (Lipinski definition) is 1. The van der Waals surface area contributed by atoms with Crippen molar-refractivity contribution in [1.82, 2.24) is 19.9 Å². The molecule has 0 aliphatic carbocycles. The van der Waals surface area contributed by atoms with E-state index in [1.54, 1.807) is 22.2 Å². The van der Waals surface area contributed by atoms with E-state index in [-0.39, 0.29) is 12.5 Å². The van der Waals surface area contributed by atoms with Gasteiger partial charge in [0.05, 0.1) is 16.0 Å². The molecule has 2 rings (SSSR count). The van der Waals surface area contributed by atoms with Crippen LogP contribution in [0.3, 0.4) is 0 Å². The molecule has 0 bridgehead atoms. The molecule has 0 aliphatic heterocycles. The Morgan fingerprint density at radius 1 is 1.52 bits per heavy atom. The minimum Gasteiger partial charge on any atom is -0.336 e. The molecule has 8 heteroatoms. The van der Waals surface area contributed by atoms with E-state index in [1.807, 2.05) is 24.0 Å². The van der Waals surface area contributed by atoms with Gasteiger partial charge >= 0.3 is 0 Å². The zero-order chi connectivity index (χ0) is 15.2. The second-order valence-corrected chi connectivity index (χ2v) is 7.11. The third-order valence-electron chi connectivity index (χ3n) is 2.99. The Hall–Kier alpha value is -1.25. The summed E-state index contributed by atoms with van der Waals surface area (Å²) >= 11 is 5.07. The first-order valence-electron chi connectivity index (χ1n) is 6.73. The monoisotopic (exact) mass is 371 g/mol. The number of halogens is 1. The van der Waals surface area contributed by atoms with Crippen LogP contribution in [0.4, 0.5) is 0 Å². The summed E-state index contributed by atoms with van der Waals surface area (Å²) in [5.74, 6) is 0.0335. The average molecular weight is 372 g/mol. The normalized spacial score (nSPS) is 10.8. The summed E-state index contributed by atoms with van der Waals surface area (Å²) in [4.78, 5) is 15.3. The lowest BCUT2D eigenvalue weighted by atomic mass is 10.3. The van der Waals surface area contributed by atoms with Crippen LogP contribution in [0.2, 0.25) is 0 Å². The van der Waals surface area contributed by atoms with Crippen LogP contribution in [0.25, 0.3) is 0 Å². The fraction of sp³-hybridized carbons (Fsp3) is 0.462. The van der Waals surface area contributed by atoms with Crippen LogP contribution in [-0.2, 0) is 24.3 Å². The van der Waals surface area contributed by atoms with Crippen molar-refractivity contribution in [3.05, 3.63) is 32.7 Å². The Labute approximate surface area is 136 Å². The Balaban J connectivity index is 1.95. The molecule has 2 aromatic heterocycles. The summed E-state index contributed by atoms with van der Waals surface area (Å²) in [6.45, 7) is 4.00. The quantitative estimate of drug-likeness (QED) is 0.802. The number of likely N-dealkylation sites (N-methyl/N-ethyl adjacent to an activating group) is 1. The Bertz CT molecular complexity index is 597. The highest BCUT2D eigenvalue weighted by Crippen LogP contribution is 2.23. The topological polar surface area (TPSA) is 77.0 Å². The first-order valence-corrected chi connectivity index (χ1v) is 8.34. The molecule has 0 atom stereocenters. The molecule has 114 valence electrons. The Kier molecular flexibility index (Phi) is 5.89. The summed E-state index contributed by atoms with van der Waals surface area (Å²) in [6.07, 6.45) is 2.45. The highest BCUT2D eigenvalue weighted by molar-refractivity contribution is 9.11. The highest BCUT2D eigenvalue weighted by atomic mass is 79.9. The molecule has 0 radical (unpaired) electrons. The van der Waals surface area contributed by atoms with Crippen molar-refractivity contribution in [2.45, 2.75) is 26.4 Å². The maximum Gasteiger partial charge on any atom is 0.244 e. The summed E-state index contributed by atoms with van der Waals surface area (Å²) in [6, 6.07) is 4.02. The van der Waals surface area contributed by atoms with Gasteiger partial charge in [0, 0.05) is 24.0 Å². The van der Waals surface area contributed by atoms with E-state index in [4.69, 9.17) is 5.73 Å². The first kappa shape index (κ1) is 16.1. The summed E-state index contributed by atoms with van der Waals surface area (Å²) in [5, 5.41) is 7.95. The van der Waals surface area contributed by atoms with E-state index in [1.165, 1.54) is 0 Å². The zero-order valence-corrected chi connectivity index (χ0v) is 14.2. The van der Waals surface area contributed by atoms with Gasteiger partial charge < -0.3 is 10.6 Å². The van der Waals surface area contributed by atoms with E-state index in [2.05, 4.69) is 26.2 Å². The van der Waals surface area contributed by atoms with Gasteiger partial charge in [-0.3, -0.25) is 4.79 Å². The SMILES string of the molecule is CCN(Cc1ccc(Br)s1)C(=O)Cn1cc(CCN)nn1. The fourth-order valence-electron chi connectivity index (χ4n) is 1.92. The number of amides is 1. The molecule has 2 N–H and O–H groups in total.